The average molecular weight is 425 g/mol. The van der Waals surface area contributed by atoms with E-state index in [0.717, 1.165) is 49.4 Å². The maximum absolute atomic E-state index is 13.7. The van der Waals surface area contributed by atoms with E-state index < -0.39 is 41.0 Å². The molecular formula is C18H12F5N5O2. The maximum atomic E-state index is 13.7. The van der Waals surface area contributed by atoms with E-state index >= 15 is 0 Å². The molecule has 7 nitrogen and oxygen atoms in total. The first-order valence-electron chi connectivity index (χ1n) is 8.23. The van der Waals surface area contributed by atoms with Crippen molar-refractivity contribution < 1.29 is 31.5 Å². The number of anilines is 2. The molecule has 0 fully saturated rings. The molecule has 0 aliphatic rings. The molecule has 156 valence electrons. The summed E-state index contributed by atoms with van der Waals surface area (Å²) < 4.78 is 68.0. The van der Waals surface area contributed by atoms with E-state index in [1.54, 1.807) is 0 Å². The molecule has 0 saturated heterocycles. The monoisotopic (exact) mass is 425 g/mol. The Bertz CT molecular complexity index is 1110. The molecule has 0 aliphatic carbocycles. The minimum absolute atomic E-state index is 0.0883. The van der Waals surface area contributed by atoms with Gasteiger partial charge in [0.05, 0.1) is 11.4 Å². The zero-order chi connectivity index (χ0) is 22.1. The number of hydrogen-bond acceptors (Lipinski definition) is 4. The predicted molar refractivity (Wildman–Crippen MR) is 95.0 cm³/mol. The molecule has 0 spiro atoms. The lowest BCUT2D eigenvalue weighted by atomic mass is 10.2. The number of carbonyl (C=O) groups is 2. The second kappa shape index (κ2) is 7.89. The molecule has 0 saturated carbocycles. The Morgan fingerprint density at radius 1 is 1.00 bits per heavy atom. The van der Waals surface area contributed by atoms with Crippen molar-refractivity contribution >= 4 is 23.2 Å². The predicted octanol–water partition coefficient (Wildman–Crippen LogP) is 3.78. The molecule has 2 N–H and O–H groups in total. The third-order valence-electron chi connectivity index (χ3n) is 3.76. The Kier molecular flexibility index (Phi) is 5.49. The molecule has 0 radical (unpaired) electrons. The van der Waals surface area contributed by atoms with Crippen LogP contribution in [0.4, 0.5) is 33.3 Å². The third-order valence-corrected chi connectivity index (χ3v) is 3.76. The molecule has 3 rings (SSSR count). The number of alkyl halides is 3. The summed E-state index contributed by atoms with van der Waals surface area (Å²) in [6.07, 6.45) is -5.02. The number of benzene rings is 2. The van der Waals surface area contributed by atoms with Gasteiger partial charge < -0.3 is 10.6 Å². The Labute approximate surface area is 165 Å². The number of nitrogens with one attached hydrogen (secondary N) is 2. The largest absolute Gasteiger partial charge is 0.435 e. The number of carbonyl (C=O) groups excluding carboxylic acids is 2. The van der Waals surface area contributed by atoms with Crippen LogP contribution in [0.5, 0.6) is 0 Å². The van der Waals surface area contributed by atoms with Gasteiger partial charge >= 0.3 is 6.18 Å². The van der Waals surface area contributed by atoms with Gasteiger partial charge in [-0.2, -0.15) is 13.2 Å². The van der Waals surface area contributed by atoms with Crippen molar-refractivity contribution in [2.24, 2.45) is 0 Å². The van der Waals surface area contributed by atoms with Crippen molar-refractivity contribution in [2.75, 3.05) is 10.6 Å². The summed E-state index contributed by atoms with van der Waals surface area (Å²) in [6, 6.07) is 6.99. The molecule has 0 atom stereocenters. The molecule has 12 heteroatoms. The summed E-state index contributed by atoms with van der Waals surface area (Å²) in [5.74, 6) is -3.33. The number of amides is 2. The minimum Gasteiger partial charge on any atom is -0.324 e. The third kappa shape index (κ3) is 4.42. The first-order valence-corrected chi connectivity index (χ1v) is 8.23. The van der Waals surface area contributed by atoms with Crippen molar-refractivity contribution in [2.45, 2.75) is 13.1 Å². The first-order chi connectivity index (χ1) is 14.1. The van der Waals surface area contributed by atoms with Crippen LogP contribution in [0.1, 0.15) is 23.1 Å². The topological polar surface area (TPSA) is 88.9 Å². The highest BCUT2D eigenvalue weighted by Crippen LogP contribution is 2.33. The van der Waals surface area contributed by atoms with E-state index in [1.165, 1.54) is 0 Å². The van der Waals surface area contributed by atoms with Gasteiger partial charge in [-0.15, -0.1) is 5.10 Å². The Balaban J connectivity index is 1.97. The van der Waals surface area contributed by atoms with Crippen LogP contribution in [-0.2, 0) is 11.0 Å². The van der Waals surface area contributed by atoms with E-state index in [1.807, 2.05) is 0 Å². The molecule has 0 bridgehead atoms. The zero-order valence-corrected chi connectivity index (χ0v) is 15.1. The van der Waals surface area contributed by atoms with E-state index in [9.17, 15) is 31.5 Å². The fourth-order valence-corrected chi connectivity index (χ4v) is 2.53. The summed E-state index contributed by atoms with van der Waals surface area (Å²) in [5, 5.41) is 11.0. The maximum Gasteiger partial charge on any atom is 0.435 e. The van der Waals surface area contributed by atoms with E-state index in [0.29, 0.717) is 4.68 Å². The van der Waals surface area contributed by atoms with Gasteiger partial charge in [0.2, 0.25) is 5.91 Å². The molecule has 3 aromatic rings. The second-order valence-electron chi connectivity index (χ2n) is 6.00. The van der Waals surface area contributed by atoms with Gasteiger partial charge in [0.15, 0.2) is 11.4 Å². The summed E-state index contributed by atoms with van der Waals surface area (Å²) in [7, 11) is 0. The number of halogens is 5. The molecular weight excluding hydrogens is 413 g/mol. The standard InChI is InChI=1S/C18H12F5N5O2/c1-9(29)24-14-8-11(4-7-13(14)20)25-17(30)15-16(18(21,22)23)28(27-26-15)12-5-2-10(19)3-6-12/h2-8H,1H3,(H,24,29)(H,25,30). The van der Waals surface area contributed by atoms with Gasteiger partial charge in [0.1, 0.15) is 11.6 Å². The molecule has 2 aromatic carbocycles. The Morgan fingerprint density at radius 2 is 1.67 bits per heavy atom. The summed E-state index contributed by atoms with van der Waals surface area (Å²) in [5.41, 5.74) is -3.04. The first kappa shape index (κ1) is 20.9. The van der Waals surface area contributed by atoms with Crippen LogP contribution in [-0.4, -0.2) is 26.8 Å². The highest BCUT2D eigenvalue weighted by molar-refractivity contribution is 6.04. The van der Waals surface area contributed by atoms with Gasteiger partial charge in [0, 0.05) is 12.6 Å². The van der Waals surface area contributed by atoms with Gasteiger partial charge in [-0.3, -0.25) is 9.59 Å². The molecule has 0 unspecified atom stereocenters. The lowest BCUT2D eigenvalue weighted by Gasteiger charge is -2.12. The molecule has 1 aromatic heterocycles. The Morgan fingerprint density at radius 3 is 2.27 bits per heavy atom. The fraction of sp³-hybridized carbons (Fsp3) is 0.111. The van der Waals surface area contributed by atoms with Crippen molar-refractivity contribution in [1.29, 1.82) is 0 Å². The van der Waals surface area contributed by atoms with Crippen LogP contribution >= 0.6 is 0 Å². The minimum atomic E-state index is -5.02. The highest BCUT2D eigenvalue weighted by Gasteiger charge is 2.42. The van der Waals surface area contributed by atoms with Crippen LogP contribution < -0.4 is 10.6 Å². The molecule has 2 amide bonds. The normalized spacial score (nSPS) is 11.3. The lowest BCUT2D eigenvalue weighted by Crippen LogP contribution is -2.21. The quantitative estimate of drug-likeness (QED) is 0.623. The van der Waals surface area contributed by atoms with Crippen molar-refractivity contribution in [1.82, 2.24) is 15.0 Å². The van der Waals surface area contributed by atoms with Gasteiger partial charge in [0.25, 0.3) is 5.91 Å². The average Bonchev–Trinajstić information content (AvgIpc) is 3.10. The summed E-state index contributed by atoms with van der Waals surface area (Å²) in [4.78, 5) is 23.5. The van der Waals surface area contributed by atoms with E-state index in [2.05, 4.69) is 20.9 Å². The fourth-order valence-electron chi connectivity index (χ4n) is 2.53. The zero-order valence-electron chi connectivity index (χ0n) is 15.1. The van der Waals surface area contributed by atoms with Crippen LogP contribution in [0.15, 0.2) is 42.5 Å². The van der Waals surface area contributed by atoms with Crippen LogP contribution in [0.3, 0.4) is 0 Å². The summed E-state index contributed by atoms with van der Waals surface area (Å²) >= 11 is 0. The number of aromatic nitrogens is 3. The van der Waals surface area contributed by atoms with Crippen LogP contribution in [0.25, 0.3) is 5.69 Å². The van der Waals surface area contributed by atoms with Crippen molar-refractivity contribution in [3.05, 3.63) is 65.5 Å². The molecule has 0 aliphatic heterocycles. The molecule has 30 heavy (non-hydrogen) atoms. The lowest BCUT2D eigenvalue weighted by molar-refractivity contribution is -0.143. The van der Waals surface area contributed by atoms with Gasteiger partial charge in [-0.25, -0.2) is 13.5 Å². The summed E-state index contributed by atoms with van der Waals surface area (Å²) in [6.45, 7) is 1.13. The Hall–Kier alpha value is -3.83. The van der Waals surface area contributed by atoms with E-state index in [4.69, 9.17) is 0 Å². The van der Waals surface area contributed by atoms with E-state index in [-0.39, 0.29) is 17.1 Å². The van der Waals surface area contributed by atoms with Crippen LogP contribution in [0.2, 0.25) is 0 Å². The number of hydrogen-bond donors (Lipinski definition) is 2. The SMILES string of the molecule is CC(=O)Nc1cc(NC(=O)c2nnn(-c3ccc(F)cc3)c2C(F)(F)F)ccc1F. The van der Waals surface area contributed by atoms with Gasteiger partial charge in [-0.1, -0.05) is 5.21 Å². The molecule has 1 heterocycles. The van der Waals surface area contributed by atoms with Gasteiger partial charge in [-0.05, 0) is 42.5 Å². The van der Waals surface area contributed by atoms with Crippen molar-refractivity contribution in [3.8, 4) is 5.69 Å². The number of rotatable bonds is 4. The number of nitrogens with zero attached hydrogens (tertiary/aromatic N) is 3. The van der Waals surface area contributed by atoms with Crippen molar-refractivity contribution in [3.63, 3.8) is 0 Å². The van der Waals surface area contributed by atoms with Crippen LogP contribution in [0, 0.1) is 11.6 Å². The highest BCUT2D eigenvalue weighted by atomic mass is 19.4. The smallest absolute Gasteiger partial charge is 0.324 e. The second-order valence-corrected chi connectivity index (χ2v) is 6.00.